The third kappa shape index (κ3) is 7.93. The highest BCUT2D eigenvalue weighted by molar-refractivity contribution is 7.82. The zero-order chi connectivity index (χ0) is 13.8. The second-order valence-corrected chi connectivity index (χ2v) is 9.37. The van der Waals surface area contributed by atoms with E-state index >= 15 is 0 Å². The van der Waals surface area contributed by atoms with Crippen LogP contribution in [0.15, 0.2) is 0 Å². The van der Waals surface area contributed by atoms with Crippen LogP contribution in [0.25, 0.3) is 0 Å². The van der Waals surface area contributed by atoms with Crippen molar-refractivity contribution in [1.29, 1.82) is 0 Å². The summed E-state index contributed by atoms with van der Waals surface area (Å²) in [6, 6.07) is 1.29. The highest BCUT2D eigenvalue weighted by atomic mass is 32.1. The summed E-state index contributed by atoms with van der Waals surface area (Å²) < 4.78 is 0.154. The van der Waals surface area contributed by atoms with Crippen molar-refractivity contribution in [2.75, 3.05) is 13.1 Å². The van der Waals surface area contributed by atoms with Crippen LogP contribution in [-0.4, -0.2) is 34.7 Å². The van der Waals surface area contributed by atoms with E-state index in [1.165, 1.54) is 25.7 Å². The standard InChI is InChI=1S/C14H30N2S2/c1-13(2,17)9-15-11-6-5-7-12(8-11)16-10-14(3,4)18/h11-12,15-18H,5-10H2,1-4H3. The summed E-state index contributed by atoms with van der Waals surface area (Å²) in [7, 11) is 0. The Labute approximate surface area is 124 Å². The van der Waals surface area contributed by atoms with Gasteiger partial charge in [0.15, 0.2) is 0 Å². The molecule has 0 aromatic heterocycles. The third-order valence-corrected chi connectivity index (χ3v) is 3.64. The number of rotatable bonds is 6. The molecule has 0 saturated heterocycles. The predicted molar refractivity (Wildman–Crippen MR) is 88.2 cm³/mol. The van der Waals surface area contributed by atoms with E-state index in [1.807, 2.05) is 0 Å². The van der Waals surface area contributed by atoms with E-state index in [-0.39, 0.29) is 9.49 Å². The molecule has 0 amide bonds. The van der Waals surface area contributed by atoms with Crippen LogP contribution in [0, 0.1) is 0 Å². The Morgan fingerprint density at radius 1 is 0.889 bits per heavy atom. The molecular formula is C14H30N2S2. The fourth-order valence-corrected chi connectivity index (χ4v) is 2.53. The molecule has 0 bridgehead atoms. The molecule has 1 aliphatic carbocycles. The van der Waals surface area contributed by atoms with Crippen LogP contribution in [0.5, 0.6) is 0 Å². The van der Waals surface area contributed by atoms with Gasteiger partial charge in [-0.1, -0.05) is 6.42 Å². The van der Waals surface area contributed by atoms with Crippen molar-refractivity contribution in [3.63, 3.8) is 0 Å². The van der Waals surface area contributed by atoms with E-state index in [0.29, 0.717) is 12.1 Å². The fraction of sp³-hybridized carbons (Fsp3) is 1.00. The monoisotopic (exact) mass is 290 g/mol. The molecule has 0 aromatic carbocycles. The Morgan fingerprint density at radius 3 is 1.61 bits per heavy atom. The van der Waals surface area contributed by atoms with Crippen molar-refractivity contribution in [3.8, 4) is 0 Å². The molecule has 1 rings (SSSR count). The molecule has 4 heteroatoms. The van der Waals surface area contributed by atoms with E-state index in [0.717, 1.165) is 13.1 Å². The first kappa shape index (κ1) is 16.7. The highest BCUT2D eigenvalue weighted by Crippen LogP contribution is 2.21. The first-order chi connectivity index (χ1) is 8.16. The second kappa shape index (κ2) is 6.87. The zero-order valence-corrected chi connectivity index (χ0v) is 14.1. The summed E-state index contributed by atoms with van der Waals surface area (Å²) in [6.07, 6.45) is 5.14. The number of nitrogens with one attached hydrogen (secondary N) is 2. The van der Waals surface area contributed by atoms with Gasteiger partial charge in [0.25, 0.3) is 0 Å². The molecule has 108 valence electrons. The summed E-state index contributed by atoms with van der Waals surface area (Å²) in [5, 5.41) is 7.31. The molecule has 1 aliphatic rings. The molecule has 0 aromatic rings. The SMILES string of the molecule is CC(C)(S)CNC1CCCC(NCC(C)(C)S)C1. The van der Waals surface area contributed by atoms with Gasteiger partial charge >= 0.3 is 0 Å². The van der Waals surface area contributed by atoms with Crippen molar-refractivity contribution in [3.05, 3.63) is 0 Å². The lowest BCUT2D eigenvalue weighted by atomic mass is 9.90. The smallest absolute Gasteiger partial charge is 0.0198 e. The molecule has 2 nitrogen and oxygen atoms in total. The van der Waals surface area contributed by atoms with Gasteiger partial charge in [-0.05, 0) is 47.0 Å². The van der Waals surface area contributed by atoms with Gasteiger partial charge in [0.05, 0.1) is 0 Å². The normalized spacial score (nSPS) is 26.3. The predicted octanol–water partition coefficient (Wildman–Crippen LogP) is 2.89. The summed E-state index contributed by atoms with van der Waals surface area (Å²) in [6.45, 7) is 10.6. The first-order valence-electron chi connectivity index (χ1n) is 7.07. The van der Waals surface area contributed by atoms with E-state index in [2.05, 4.69) is 63.6 Å². The lowest BCUT2D eigenvalue weighted by Crippen LogP contribution is -2.47. The van der Waals surface area contributed by atoms with Crippen LogP contribution >= 0.6 is 25.3 Å². The molecule has 18 heavy (non-hydrogen) atoms. The summed E-state index contributed by atoms with van der Waals surface area (Å²) in [5.41, 5.74) is 0. The third-order valence-electron chi connectivity index (χ3n) is 3.32. The Balaban J connectivity index is 2.28. The minimum Gasteiger partial charge on any atom is -0.313 e. The molecule has 0 spiro atoms. The summed E-state index contributed by atoms with van der Waals surface area (Å²) in [5.74, 6) is 0. The first-order valence-corrected chi connectivity index (χ1v) is 7.97. The maximum absolute atomic E-state index is 4.57. The average molecular weight is 291 g/mol. The molecule has 1 fully saturated rings. The van der Waals surface area contributed by atoms with Gasteiger partial charge in [-0.2, -0.15) is 25.3 Å². The highest BCUT2D eigenvalue weighted by Gasteiger charge is 2.24. The van der Waals surface area contributed by atoms with E-state index in [1.54, 1.807) is 0 Å². The minimum absolute atomic E-state index is 0.0768. The van der Waals surface area contributed by atoms with Crippen LogP contribution in [0.1, 0.15) is 53.4 Å². The van der Waals surface area contributed by atoms with Crippen molar-refractivity contribution in [2.45, 2.75) is 75.0 Å². The van der Waals surface area contributed by atoms with Crippen molar-refractivity contribution >= 4 is 25.3 Å². The van der Waals surface area contributed by atoms with Gasteiger partial charge in [-0.3, -0.25) is 0 Å². The Hall–Kier alpha value is 0.620. The lowest BCUT2D eigenvalue weighted by Gasteiger charge is -2.33. The van der Waals surface area contributed by atoms with E-state index in [9.17, 15) is 0 Å². The van der Waals surface area contributed by atoms with Crippen LogP contribution in [0.4, 0.5) is 0 Å². The molecule has 2 atom stereocenters. The molecular weight excluding hydrogens is 260 g/mol. The minimum atomic E-state index is 0.0768. The van der Waals surface area contributed by atoms with Crippen LogP contribution in [0.3, 0.4) is 0 Å². The summed E-state index contributed by atoms with van der Waals surface area (Å²) in [4.78, 5) is 0. The molecule has 0 radical (unpaired) electrons. The maximum Gasteiger partial charge on any atom is 0.0198 e. The van der Waals surface area contributed by atoms with Crippen molar-refractivity contribution in [2.24, 2.45) is 0 Å². The largest absolute Gasteiger partial charge is 0.313 e. The van der Waals surface area contributed by atoms with Gasteiger partial charge in [-0.15, -0.1) is 0 Å². The van der Waals surface area contributed by atoms with Crippen LogP contribution < -0.4 is 10.6 Å². The number of hydrogen-bond donors (Lipinski definition) is 4. The lowest BCUT2D eigenvalue weighted by molar-refractivity contribution is 0.295. The zero-order valence-electron chi connectivity index (χ0n) is 12.3. The Bertz CT molecular complexity index is 219. The Kier molecular flexibility index (Phi) is 6.36. The van der Waals surface area contributed by atoms with Crippen molar-refractivity contribution < 1.29 is 0 Å². The van der Waals surface area contributed by atoms with Gasteiger partial charge < -0.3 is 10.6 Å². The van der Waals surface area contributed by atoms with Gasteiger partial charge in [-0.25, -0.2) is 0 Å². The summed E-state index contributed by atoms with van der Waals surface area (Å²) >= 11 is 9.14. The van der Waals surface area contributed by atoms with Crippen molar-refractivity contribution in [1.82, 2.24) is 10.6 Å². The van der Waals surface area contributed by atoms with E-state index in [4.69, 9.17) is 0 Å². The molecule has 2 N–H and O–H groups in total. The fourth-order valence-electron chi connectivity index (χ4n) is 2.35. The second-order valence-electron chi connectivity index (χ2n) is 6.95. The maximum atomic E-state index is 4.57. The molecule has 2 unspecified atom stereocenters. The average Bonchev–Trinajstić information content (AvgIpc) is 2.22. The number of thiol groups is 2. The van der Waals surface area contributed by atoms with Gasteiger partial charge in [0.2, 0.25) is 0 Å². The van der Waals surface area contributed by atoms with Gasteiger partial charge in [0, 0.05) is 34.7 Å². The van der Waals surface area contributed by atoms with Gasteiger partial charge in [0.1, 0.15) is 0 Å². The van der Waals surface area contributed by atoms with Crippen LogP contribution in [-0.2, 0) is 0 Å². The van der Waals surface area contributed by atoms with Crippen LogP contribution in [0.2, 0.25) is 0 Å². The molecule has 1 saturated carbocycles. The molecule has 0 heterocycles. The van der Waals surface area contributed by atoms with E-state index < -0.39 is 0 Å². The number of hydrogen-bond acceptors (Lipinski definition) is 4. The molecule has 0 aliphatic heterocycles. The quantitative estimate of drug-likeness (QED) is 0.566. The Morgan fingerprint density at radius 2 is 1.28 bits per heavy atom. The topological polar surface area (TPSA) is 24.1 Å².